The number of oxime groups is 1. The zero-order valence-electron chi connectivity index (χ0n) is 12.1. The van der Waals surface area contributed by atoms with Gasteiger partial charge < -0.3 is 10.9 Å². The highest BCUT2D eigenvalue weighted by Gasteiger charge is 2.21. The molecule has 5 nitrogen and oxygen atoms in total. The Balaban J connectivity index is 1.77. The first-order valence-corrected chi connectivity index (χ1v) is 7.16. The van der Waals surface area contributed by atoms with Gasteiger partial charge in [0.05, 0.1) is 0 Å². The monoisotopic (exact) mass is 276 g/mol. The molecule has 2 rings (SSSR count). The van der Waals surface area contributed by atoms with E-state index in [1.807, 2.05) is 0 Å². The summed E-state index contributed by atoms with van der Waals surface area (Å²) in [6.45, 7) is 7.35. The van der Waals surface area contributed by atoms with Crippen LogP contribution in [0.1, 0.15) is 18.9 Å². The van der Waals surface area contributed by atoms with Gasteiger partial charge in [-0.05, 0) is 12.5 Å². The van der Waals surface area contributed by atoms with Crippen molar-refractivity contribution in [2.75, 3.05) is 26.2 Å². The fourth-order valence-corrected chi connectivity index (χ4v) is 2.68. The average Bonchev–Trinajstić information content (AvgIpc) is 2.49. The number of nitrogens with two attached hydrogens (primary N) is 1. The molecule has 20 heavy (non-hydrogen) atoms. The van der Waals surface area contributed by atoms with Crippen molar-refractivity contribution in [3.63, 3.8) is 0 Å². The van der Waals surface area contributed by atoms with Gasteiger partial charge in [-0.15, -0.1) is 0 Å². The third kappa shape index (κ3) is 4.21. The first-order chi connectivity index (χ1) is 9.69. The standard InChI is InChI=1S/C15H24N4O/c1-13(11-15(16)17-20)19-9-7-18(8-10-19)12-14-5-3-2-4-6-14/h2-6,13,20H,7-12H2,1H3,(H2,16,17). The van der Waals surface area contributed by atoms with Crippen molar-refractivity contribution in [1.82, 2.24) is 9.80 Å². The van der Waals surface area contributed by atoms with E-state index in [9.17, 15) is 0 Å². The molecule has 0 aliphatic carbocycles. The van der Waals surface area contributed by atoms with E-state index in [1.54, 1.807) is 0 Å². The quantitative estimate of drug-likeness (QED) is 0.368. The smallest absolute Gasteiger partial charge is 0.140 e. The molecule has 1 aliphatic rings. The minimum Gasteiger partial charge on any atom is -0.409 e. The van der Waals surface area contributed by atoms with Crippen molar-refractivity contribution >= 4 is 5.84 Å². The maximum atomic E-state index is 8.62. The molecule has 5 heteroatoms. The van der Waals surface area contributed by atoms with E-state index in [0.29, 0.717) is 18.3 Å². The molecule has 1 aromatic carbocycles. The van der Waals surface area contributed by atoms with Crippen molar-refractivity contribution in [2.45, 2.75) is 25.9 Å². The fourth-order valence-electron chi connectivity index (χ4n) is 2.68. The zero-order chi connectivity index (χ0) is 14.4. The number of hydrogen-bond acceptors (Lipinski definition) is 4. The summed E-state index contributed by atoms with van der Waals surface area (Å²) in [6, 6.07) is 10.9. The Morgan fingerprint density at radius 2 is 1.90 bits per heavy atom. The van der Waals surface area contributed by atoms with Crippen molar-refractivity contribution in [2.24, 2.45) is 10.9 Å². The Morgan fingerprint density at radius 1 is 1.25 bits per heavy atom. The van der Waals surface area contributed by atoms with Gasteiger partial charge in [-0.25, -0.2) is 0 Å². The molecule has 0 aromatic heterocycles. The summed E-state index contributed by atoms with van der Waals surface area (Å²) in [5.41, 5.74) is 6.94. The summed E-state index contributed by atoms with van der Waals surface area (Å²) < 4.78 is 0. The Labute approximate surface area is 120 Å². The zero-order valence-corrected chi connectivity index (χ0v) is 12.1. The molecule has 1 aromatic rings. The van der Waals surface area contributed by atoms with Crippen LogP contribution in [-0.2, 0) is 6.54 Å². The molecule has 0 radical (unpaired) electrons. The predicted octanol–water partition coefficient (Wildman–Crippen LogP) is 1.33. The molecule has 3 N–H and O–H groups in total. The van der Waals surface area contributed by atoms with Crippen molar-refractivity contribution in [3.05, 3.63) is 35.9 Å². The van der Waals surface area contributed by atoms with Gasteiger partial charge in [-0.3, -0.25) is 9.80 Å². The SMILES string of the molecule is CC(CC(N)=NO)N1CCN(Cc2ccccc2)CC1. The van der Waals surface area contributed by atoms with Gasteiger partial charge in [0.2, 0.25) is 0 Å². The molecule has 1 heterocycles. The van der Waals surface area contributed by atoms with Gasteiger partial charge in [0.1, 0.15) is 5.84 Å². The van der Waals surface area contributed by atoms with E-state index < -0.39 is 0 Å². The second-order valence-corrected chi connectivity index (χ2v) is 5.44. The van der Waals surface area contributed by atoms with Crippen LogP contribution in [0.15, 0.2) is 35.5 Å². The van der Waals surface area contributed by atoms with Gasteiger partial charge in [0.25, 0.3) is 0 Å². The second-order valence-electron chi connectivity index (χ2n) is 5.44. The second kappa shape index (κ2) is 7.26. The van der Waals surface area contributed by atoms with Crippen LogP contribution in [0.3, 0.4) is 0 Å². The normalized spacial score (nSPS) is 19.9. The Kier molecular flexibility index (Phi) is 5.38. The van der Waals surface area contributed by atoms with Crippen molar-refractivity contribution in [1.29, 1.82) is 0 Å². The Hall–Kier alpha value is -1.59. The van der Waals surface area contributed by atoms with Crippen LogP contribution in [0.4, 0.5) is 0 Å². The van der Waals surface area contributed by atoms with Gasteiger partial charge in [0.15, 0.2) is 0 Å². The molecule has 0 saturated carbocycles. The molecular weight excluding hydrogens is 252 g/mol. The number of benzene rings is 1. The molecule has 1 aliphatic heterocycles. The third-order valence-electron chi connectivity index (χ3n) is 3.91. The number of nitrogens with zero attached hydrogens (tertiary/aromatic N) is 3. The van der Waals surface area contributed by atoms with Gasteiger partial charge in [-0.1, -0.05) is 35.5 Å². The fraction of sp³-hybridized carbons (Fsp3) is 0.533. The lowest BCUT2D eigenvalue weighted by molar-refractivity contribution is 0.0997. The molecule has 0 amide bonds. The van der Waals surface area contributed by atoms with E-state index in [4.69, 9.17) is 10.9 Å². The number of piperazine rings is 1. The van der Waals surface area contributed by atoms with Crippen molar-refractivity contribution in [3.8, 4) is 0 Å². The van der Waals surface area contributed by atoms with Crippen LogP contribution < -0.4 is 5.73 Å². The van der Waals surface area contributed by atoms with Crippen LogP contribution in [0, 0.1) is 0 Å². The van der Waals surface area contributed by atoms with E-state index in [0.717, 1.165) is 32.7 Å². The summed E-state index contributed by atoms with van der Waals surface area (Å²) in [7, 11) is 0. The van der Waals surface area contributed by atoms with E-state index in [-0.39, 0.29) is 0 Å². The maximum absolute atomic E-state index is 8.62. The highest BCUT2D eigenvalue weighted by atomic mass is 16.4. The van der Waals surface area contributed by atoms with E-state index >= 15 is 0 Å². The minimum atomic E-state index is 0.309. The topological polar surface area (TPSA) is 65.1 Å². The summed E-state index contributed by atoms with van der Waals surface area (Å²) in [4.78, 5) is 4.88. The summed E-state index contributed by atoms with van der Waals surface area (Å²) in [5.74, 6) is 0.309. The molecule has 0 spiro atoms. The molecular formula is C15H24N4O. The first-order valence-electron chi connectivity index (χ1n) is 7.16. The van der Waals surface area contributed by atoms with Crippen LogP contribution >= 0.6 is 0 Å². The highest BCUT2D eigenvalue weighted by Crippen LogP contribution is 2.12. The predicted molar refractivity (Wildman–Crippen MR) is 80.8 cm³/mol. The number of amidine groups is 1. The average molecular weight is 276 g/mol. The molecule has 1 atom stereocenters. The van der Waals surface area contributed by atoms with Crippen LogP contribution in [0.2, 0.25) is 0 Å². The summed E-state index contributed by atoms with van der Waals surface area (Å²) in [5, 5.41) is 11.7. The Bertz CT molecular complexity index is 427. The molecule has 1 saturated heterocycles. The number of hydrogen-bond donors (Lipinski definition) is 2. The minimum absolute atomic E-state index is 0.309. The lowest BCUT2D eigenvalue weighted by atomic mass is 10.1. The molecule has 110 valence electrons. The van der Waals surface area contributed by atoms with Crippen molar-refractivity contribution < 1.29 is 5.21 Å². The van der Waals surface area contributed by atoms with Gasteiger partial charge in [-0.2, -0.15) is 0 Å². The Morgan fingerprint density at radius 3 is 2.50 bits per heavy atom. The molecule has 1 fully saturated rings. The number of rotatable bonds is 5. The van der Waals surface area contributed by atoms with Gasteiger partial charge in [0, 0.05) is 45.2 Å². The molecule has 1 unspecified atom stereocenters. The highest BCUT2D eigenvalue weighted by molar-refractivity contribution is 5.80. The van der Waals surface area contributed by atoms with Gasteiger partial charge >= 0.3 is 0 Å². The summed E-state index contributed by atoms with van der Waals surface area (Å²) in [6.07, 6.45) is 0.620. The lowest BCUT2D eigenvalue weighted by Crippen LogP contribution is -2.49. The first kappa shape index (κ1) is 14.8. The van der Waals surface area contributed by atoms with Crippen LogP contribution in [0.5, 0.6) is 0 Å². The van der Waals surface area contributed by atoms with Crippen LogP contribution in [0.25, 0.3) is 0 Å². The van der Waals surface area contributed by atoms with E-state index in [2.05, 4.69) is 52.2 Å². The lowest BCUT2D eigenvalue weighted by Gasteiger charge is -2.38. The van der Waals surface area contributed by atoms with E-state index in [1.165, 1.54) is 5.56 Å². The maximum Gasteiger partial charge on any atom is 0.140 e. The largest absolute Gasteiger partial charge is 0.409 e. The third-order valence-corrected chi connectivity index (χ3v) is 3.91. The van der Waals surface area contributed by atoms with Crippen LogP contribution in [-0.4, -0.2) is 53.1 Å². The summed E-state index contributed by atoms with van der Waals surface area (Å²) >= 11 is 0. The molecule has 0 bridgehead atoms.